The summed E-state index contributed by atoms with van der Waals surface area (Å²) in [6, 6.07) is 9.91. The van der Waals surface area contributed by atoms with Gasteiger partial charge in [0.1, 0.15) is 16.5 Å². The van der Waals surface area contributed by atoms with E-state index >= 15 is 0 Å². The zero-order chi connectivity index (χ0) is 20.0. The second-order valence-corrected chi connectivity index (χ2v) is 7.69. The summed E-state index contributed by atoms with van der Waals surface area (Å²) >= 11 is 9.98. The van der Waals surface area contributed by atoms with Crippen LogP contribution in [-0.2, 0) is 6.54 Å². The Morgan fingerprint density at radius 3 is 2.57 bits per heavy atom. The van der Waals surface area contributed by atoms with Crippen molar-refractivity contribution < 1.29 is 5.11 Å². The topological polar surface area (TPSA) is 89.9 Å². The molecule has 0 bridgehead atoms. The molecule has 4 aromatic rings. The molecular weight excluding hydrogens is 442 g/mol. The van der Waals surface area contributed by atoms with Crippen molar-refractivity contribution in [3.8, 4) is 16.9 Å². The second kappa shape index (κ2) is 7.07. The molecule has 3 N–H and O–H groups in total. The van der Waals surface area contributed by atoms with Crippen molar-refractivity contribution in [3.05, 3.63) is 63.1 Å². The fraction of sp³-hybridized carbons (Fsp3) is 0.150. The minimum absolute atomic E-state index is 0.113. The number of benzene rings is 1. The second-order valence-electron chi connectivity index (χ2n) is 6.54. The molecule has 0 saturated carbocycles. The number of halogens is 2. The van der Waals surface area contributed by atoms with Crippen LogP contribution in [0.25, 0.3) is 22.2 Å². The predicted octanol–water partition coefficient (Wildman–Crippen LogP) is 4.86. The van der Waals surface area contributed by atoms with Crippen LogP contribution in [0.5, 0.6) is 5.75 Å². The largest absolute Gasteiger partial charge is 0.506 e. The highest BCUT2D eigenvalue weighted by atomic mass is 79.9. The summed E-state index contributed by atoms with van der Waals surface area (Å²) in [7, 11) is 0. The van der Waals surface area contributed by atoms with Crippen molar-refractivity contribution in [2.75, 3.05) is 5.73 Å². The molecule has 0 aliphatic rings. The fourth-order valence-corrected chi connectivity index (χ4v) is 3.95. The third-order valence-corrected chi connectivity index (χ3v) is 6.00. The maximum Gasteiger partial charge on any atom is 0.223 e. The van der Waals surface area contributed by atoms with E-state index in [1.807, 2.05) is 48.0 Å². The minimum Gasteiger partial charge on any atom is -0.506 e. The summed E-state index contributed by atoms with van der Waals surface area (Å²) in [6.07, 6.45) is 1.98. The molecule has 0 radical (unpaired) electrons. The number of fused-ring (bicyclic) bond motifs is 1. The number of aromatic hydroxyl groups is 1. The highest BCUT2D eigenvalue weighted by Crippen LogP contribution is 2.36. The van der Waals surface area contributed by atoms with E-state index in [2.05, 4.69) is 30.9 Å². The Morgan fingerprint density at radius 2 is 1.86 bits per heavy atom. The fourth-order valence-electron chi connectivity index (χ4n) is 3.28. The maximum atomic E-state index is 10.1. The number of aromatic nitrogens is 4. The lowest BCUT2D eigenvalue weighted by molar-refractivity contribution is 0.461. The van der Waals surface area contributed by atoms with Crippen molar-refractivity contribution in [1.29, 1.82) is 0 Å². The molecule has 3 heterocycles. The van der Waals surface area contributed by atoms with Gasteiger partial charge >= 0.3 is 0 Å². The van der Waals surface area contributed by atoms with Gasteiger partial charge in [-0.1, -0.05) is 41.9 Å². The molecule has 1 aromatic carbocycles. The average molecular weight is 459 g/mol. The Hall–Kier alpha value is -2.64. The van der Waals surface area contributed by atoms with E-state index in [9.17, 15) is 5.11 Å². The third-order valence-electron chi connectivity index (χ3n) is 4.68. The number of anilines is 1. The van der Waals surface area contributed by atoms with E-state index in [1.54, 1.807) is 6.92 Å². The van der Waals surface area contributed by atoms with E-state index in [0.29, 0.717) is 23.0 Å². The molecule has 0 atom stereocenters. The SMILES string of the molecule is Cc1nc(Cn2cc(-c3ccccc3)c3c(Cl)nc(N)nc32)c(Br)c(C)c1O. The van der Waals surface area contributed by atoms with Crippen LogP contribution in [-0.4, -0.2) is 24.6 Å². The van der Waals surface area contributed by atoms with Crippen molar-refractivity contribution in [3.63, 3.8) is 0 Å². The molecule has 0 aliphatic heterocycles. The van der Waals surface area contributed by atoms with Gasteiger partial charge in [-0.25, -0.2) is 4.98 Å². The van der Waals surface area contributed by atoms with Gasteiger partial charge in [-0.3, -0.25) is 4.98 Å². The van der Waals surface area contributed by atoms with Crippen LogP contribution in [0.2, 0.25) is 5.15 Å². The van der Waals surface area contributed by atoms with E-state index < -0.39 is 0 Å². The molecule has 0 amide bonds. The lowest BCUT2D eigenvalue weighted by Crippen LogP contribution is -2.06. The van der Waals surface area contributed by atoms with E-state index in [1.165, 1.54) is 0 Å². The molecule has 8 heteroatoms. The van der Waals surface area contributed by atoms with Crippen LogP contribution < -0.4 is 5.73 Å². The Labute approximate surface area is 175 Å². The van der Waals surface area contributed by atoms with Crippen LogP contribution in [0.1, 0.15) is 17.0 Å². The van der Waals surface area contributed by atoms with Crippen LogP contribution in [0, 0.1) is 13.8 Å². The first-order valence-corrected chi connectivity index (χ1v) is 9.75. The summed E-state index contributed by atoms with van der Waals surface area (Å²) in [5, 5.41) is 11.2. The zero-order valence-electron chi connectivity index (χ0n) is 15.2. The summed E-state index contributed by atoms with van der Waals surface area (Å²) in [5.74, 6) is 0.300. The highest BCUT2D eigenvalue weighted by molar-refractivity contribution is 9.10. The molecular formula is C20H17BrClN5O. The maximum absolute atomic E-state index is 10.1. The van der Waals surface area contributed by atoms with Gasteiger partial charge in [-0.05, 0) is 35.3 Å². The Balaban J connectivity index is 1.94. The molecule has 0 unspecified atom stereocenters. The van der Waals surface area contributed by atoms with Crippen LogP contribution in [0.3, 0.4) is 0 Å². The van der Waals surface area contributed by atoms with Gasteiger partial charge in [0, 0.05) is 21.8 Å². The normalized spacial score (nSPS) is 11.3. The van der Waals surface area contributed by atoms with E-state index in [4.69, 9.17) is 17.3 Å². The average Bonchev–Trinajstić information content (AvgIpc) is 3.03. The number of hydrogen-bond donors (Lipinski definition) is 2. The number of aryl methyl sites for hydroxylation is 1. The van der Waals surface area contributed by atoms with Crippen LogP contribution in [0.4, 0.5) is 5.95 Å². The zero-order valence-corrected chi connectivity index (χ0v) is 17.6. The van der Waals surface area contributed by atoms with Crippen molar-refractivity contribution >= 4 is 44.5 Å². The standard InChI is InChI=1S/C20H17BrClN5O/c1-10-16(21)14(24-11(2)17(10)28)9-27-8-13(12-6-4-3-5-7-12)15-18(22)25-20(23)26-19(15)27/h3-8,28H,9H2,1-2H3,(H2,23,25,26). The predicted molar refractivity (Wildman–Crippen MR) is 115 cm³/mol. The first kappa shape index (κ1) is 18.7. The van der Waals surface area contributed by atoms with Gasteiger partial charge in [0.25, 0.3) is 0 Å². The molecule has 28 heavy (non-hydrogen) atoms. The molecule has 142 valence electrons. The van der Waals surface area contributed by atoms with Gasteiger partial charge in [-0.2, -0.15) is 4.98 Å². The summed E-state index contributed by atoms with van der Waals surface area (Å²) in [5.41, 5.74) is 10.5. The van der Waals surface area contributed by atoms with E-state index in [-0.39, 0.29) is 11.7 Å². The Morgan fingerprint density at radius 1 is 1.14 bits per heavy atom. The number of nitrogens with zero attached hydrogens (tertiary/aromatic N) is 4. The first-order valence-electron chi connectivity index (χ1n) is 8.58. The Kier molecular flexibility index (Phi) is 4.72. The Bertz CT molecular complexity index is 1210. The minimum atomic E-state index is 0.113. The van der Waals surface area contributed by atoms with Gasteiger partial charge in [-0.15, -0.1) is 0 Å². The molecule has 0 spiro atoms. The van der Waals surface area contributed by atoms with Gasteiger partial charge in [0.2, 0.25) is 5.95 Å². The smallest absolute Gasteiger partial charge is 0.223 e. The monoisotopic (exact) mass is 457 g/mol. The molecule has 0 saturated heterocycles. The van der Waals surface area contributed by atoms with Crippen molar-refractivity contribution in [1.82, 2.24) is 19.5 Å². The number of rotatable bonds is 3. The van der Waals surface area contributed by atoms with Crippen LogP contribution in [0.15, 0.2) is 41.0 Å². The summed E-state index contributed by atoms with van der Waals surface area (Å²) in [4.78, 5) is 13.1. The molecule has 0 fully saturated rings. The van der Waals surface area contributed by atoms with Gasteiger partial charge in [0.05, 0.1) is 23.3 Å². The highest BCUT2D eigenvalue weighted by Gasteiger charge is 2.19. The number of nitrogen functional groups attached to an aromatic ring is 1. The van der Waals surface area contributed by atoms with E-state index in [0.717, 1.165) is 32.2 Å². The van der Waals surface area contributed by atoms with Gasteiger partial charge in [0.15, 0.2) is 0 Å². The third kappa shape index (κ3) is 3.10. The molecule has 3 aromatic heterocycles. The number of pyridine rings is 1. The molecule has 6 nitrogen and oxygen atoms in total. The van der Waals surface area contributed by atoms with Gasteiger partial charge < -0.3 is 15.4 Å². The van der Waals surface area contributed by atoms with Crippen molar-refractivity contribution in [2.45, 2.75) is 20.4 Å². The summed E-state index contributed by atoms with van der Waals surface area (Å²) in [6.45, 7) is 4.05. The quantitative estimate of drug-likeness (QED) is 0.428. The first-order chi connectivity index (χ1) is 13.4. The molecule has 0 aliphatic carbocycles. The molecule has 4 rings (SSSR count). The lowest BCUT2D eigenvalue weighted by atomic mass is 10.1. The van der Waals surface area contributed by atoms with Crippen LogP contribution >= 0.6 is 27.5 Å². The number of hydrogen-bond acceptors (Lipinski definition) is 5. The summed E-state index contributed by atoms with van der Waals surface area (Å²) < 4.78 is 2.71. The van der Waals surface area contributed by atoms with Crippen molar-refractivity contribution in [2.24, 2.45) is 0 Å². The number of nitrogens with two attached hydrogens (primary N) is 1. The lowest BCUT2D eigenvalue weighted by Gasteiger charge is -2.12.